The van der Waals surface area contributed by atoms with E-state index in [0.29, 0.717) is 23.8 Å². The molecule has 3 unspecified atom stereocenters. The Labute approximate surface area is 126 Å². The number of hydrogen-bond donors (Lipinski definition) is 1. The standard InChI is InChI=1S/C16H21NO3S/c1-10-3-6-15(11(2)7-10)21(19,20)17-16(18)9-13-5-4-12-8-14(12)13/h3,6-7,12-14H,4-5,8-9H2,1-2H3,(H,17,18). The summed E-state index contributed by atoms with van der Waals surface area (Å²) in [6, 6.07) is 5.12. The summed E-state index contributed by atoms with van der Waals surface area (Å²) >= 11 is 0. The van der Waals surface area contributed by atoms with Gasteiger partial charge in [-0.1, -0.05) is 17.7 Å². The molecular formula is C16H21NO3S. The van der Waals surface area contributed by atoms with Gasteiger partial charge in [-0.05, 0) is 62.5 Å². The van der Waals surface area contributed by atoms with Gasteiger partial charge in [0.05, 0.1) is 4.90 Å². The number of carbonyl (C=O) groups is 1. The van der Waals surface area contributed by atoms with Gasteiger partial charge < -0.3 is 0 Å². The maximum absolute atomic E-state index is 12.3. The smallest absolute Gasteiger partial charge is 0.264 e. The van der Waals surface area contributed by atoms with Crippen LogP contribution in [0.3, 0.4) is 0 Å². The molecule has 1 aromatic rings. The Hall–Kier alpha value is -1.36. The molecule has 114 valence electrons. The molecule has 3 rings (SSSR count). The molecule has 2 saturated carbocycles. The maximum Gasteiger partial charge on any atom is 0.264 e. The number of hydrogen-bond acceptors (Lipinski definition) is 3. The molecule has 21 heavy (non-hydrogen) atoms. The molecule has 0 aromatic heterocycles. The first-order chi connectivity index (χ1) is 9.87. The van der Waals surface area contributed by atoms with Gasteiger partial charge in [0.15, 0.2) is 0 Å². The van der Waals surface area contributed by atoms with E-state index < -0.39 is 10.0 Å². The maximum atomic E-state index is 12.3. The van der Waals surface area contributed by atoms with Crippen LogP contribution in [0.2, 0.25) is 0 Å². The van der Waals surface area contributed by atoms with E-state index in [0.717, 1.165) is 17.9 Å². The minimum Gasteiger partial charge on any atom is -0.274 e. The predicted octanol–water partition coefficient (Wildman–Crippen LogP) is 2.54. The van der Waals surface area contributed by atoms with Crippen LogP contribution in [0, 0.1) is 31.6 Å². The second-order valence-corrected chi connectivity index (χ2v) is 8.15. The third kappa shape index (κ3) is 2.98. The molecule has 0 aliphatic heterocycles. The van der Waals surface area contributed by atoms with Gasteiger partial charge in [0.2, 0.25) is 5.91 Å². The Morgan fingerprint density at radius 1 is 1.29 bits per heavy atom. The van der Waals surface area contributed by atoms with E-state index in [-0.39, 0.29) is 10.8 Å². The molecule has 3 atom stereocenters. The first kappa shape index (κ1) is 14.6. The van der Waals surface area contributed by atoms with Crippen molar-refractivity contribution in [2.45, 2.75) is 44.4 Å². The van der Waals surface area contributed by atoms with Crippen LogP contribution >= 0.6 is 0 Å². The average Bonchev–Trinajstić information content (AvgIpc) is 3.04. The van der Waals surface area contributed by atoms with Crippen LogP contribution in [0.1, 0.15) is 36.8 Å². The number of benzene rings is 1. The molecule has 1 N–H and O–H groups in total. The normalized spacial score (nSPS) is 27.2. The van der Waals surface area contributed by atoms with E-state index in [1.165, 1.54) is 12.8 Å². The molecule has 1 aromatic carbocycles. The number of rotatable bonds is 4. The van der Waals surface area contributed by atoms with Crippen molar-refractivity contribution in [3.63, 3.8) is 0 Å². The molecule has 5 heteroatoms. The van der Waals surface area contributed by atoms with Crippen molar-refractivity contribution in [3.05, 3.63) is 29.3 Å². The highest BCUT2D eigenvalue weighted by Gasteiger charge is 2.48. The highest BCUT2D eigenvalue weighted by molar-refractivity contribution is 7.90. The molecule has 2 aliphatic carbocycles. The summed E-state index contributed by atoms with van der Waals surface area (Å²) in [5, 5.41) is 0. The van der Waals surface area contributed by atoms with Crippen LogP contribution in [0.4, 0.5) is 0 Å². The molecule has 0 saturated heterocycles. The Bertz CT molecular complexity index is 681. The molecule has 0 radical (unpaired) electrons. The van der Waals surface area contributed by atoms with Crippen molar-refractivity contribution in [1.29, 1.82) is 0 Å². The topological polar surface area (TPSA) is 63.2 Å². The number of aryl methyl sites for hydroxylation is 2. The number of fused-ring (bicyclic) bond motifs is 1. The van der Waals surface area contributed by atoms with Crippen molar-refractivity contribution in [3.8, 4) is 0 Å². The molecule has 0 bridgehead atoms. The average molecular weight is 307 g/mol. The second-order valence-electron chi connectivity index (χ2n) is 6.50. The van der Waals surface area contributed by atoms with E-state index in [4.69, 9.17) is 0 Å². The zero-order chi connectivity index (χ0) is 15.2. The van der Waals surface area contributed by atoms with E-state index in [2.05, 4.69) is 4.72 Å². The minimum absolute atomic E-state index is 0.192. The third-order valence-electron chi connectivity index (χ3n) is 4.81. The Kier molecular flexibility index (Phi) is 3.56. The van der Waals surface area contributed by atoms with Gasteiger partial charge in [0, 0.05) is 6.42 Å². The summed E-state index contributed by atoms with van der Waals surface area (Å²) in [6.45, 7) is 3.66. The van der Waals surface area contributed by atoms with Crippen LogP contribution in [-0.2, 0) is 14.8 Å². The summed E-state index contributed by atoms with van der Waals surface area (Å²) in [7, 11) is -3.75. The van der Waals surface area contributed by atoms with Crippen molar-refractivity contribution >= 4 is 15.9 Å². The monoisotopic (exact) mass is 307 g/mol. The van der Waals surface area contributed by atoms with E-state index >= 15 is 0 Å². The van der Waals surface area contributed by atoms with E-state index in [9.17, 15) is 13.2 Å². The largest absolute Gasteiger partial charge is 0.274 e. The molecule has 1 amide bonds. The van der Waals surface area contributed by atoms with E-state index in [1.807, 2.05) is 13.0 Å². The summed E-state index contributed by atoms with van der Waals surface area (Å²) in [5.74, 6) is 1.48. The zero-order valence-electron chi connectivity index (χ0n) is 12.4. The lowest BCUT2D eigenvalue weighted by Gasteiger charge is -2.13. The van der Waals surface area contributed by atoms with E-state index in [1.54, 1.807) is 19.1 Å². The van der Waals surface area contributed by atoms with Gasteiger partial charge in [-0.3, -0.25) is 4.79 Å². The van der Waals surface area contributed by atoms with Crippen molar-refractivity contribution < 1.29 is 13.2 Å². The fourth-order valence-electron chi connectivity index (χ4n) is 3.66. The van der Waals surface area contributed by atoms with Crippen LogP contribution in [0.5, 0.6) is 0 Å². The first-order valence-electron chi connectivity index (χ1n) is 7.50. The Morgan fingerprint density at radius 3 is 2.62 bits per heavy atom. The molecule has 0 heterocycles. The van der Waals surface area contributed by atoms with Crippen LogP contribution in [0.15, 0.2) is 23.1 Å². The van der Waals surface area contributed by atoms with Gasteiger partial charge in [0.1, 0.15) is 0 Å². The number of carbonyl (C=O) groups excluding carboxylic acids is 1. The lowest BCUT2D eigenvalue weighted by atomic mass is 9.99. The number of amides is 1. The van der Waals surface area contributed by atoms with Crippen LogP contribution in [-0.4, -0.2) is 14.3 Å². The molecule has 2 fully saturated rings. The first-order valence-corrected chi connectivity index (χ1v) is 8.98. The van der Waals surface area contributed by atoms with Gasteiger partial charge in [-0.15, -0.1) is 0 Å². The highest BCUT2D eigenvalue weighted by atomic mass is 32.2. The fraction of sp³-hybridized carbons (Fsp3) is 0.562. The SMILES string of the molecule is Cc1ccc(S(=O)(=O)NC(=O)CC2CCC3CC23)c(C)c1. The number of nitrogens with one attached hydrogen (secondary N) is 1. The molecule has 4 nitrogen and oxygen atoms in total. The van der Waals surface area contributed by atoms with Crippen molar-refractivity contribution in [2.24, 2.45) is 17.8 Å². The summed E-state index contributed by atoms with van der Waals surface area (Å²) in [5.41, 5.74) is 1.67. The molecule has 0 spiro atoms. The lowest BCUT2D eigenvalue weighted by Crippen LogP contribution is -2.32. The van der Waals surface area contributed by atoms with Crippen molar-refractivity contribution in [2.75, 3.05) is 0 Å². The highest BCUT2D eigenvalue weighted by Crippen LogP contribution is 2.56. The Morgan fingerprint density at radius 2 is 2.05 bits per heavy atom. The van der Waals surface area contributed by atoms with Gasteiger partial charge >= 0.3 is 0 Å². The van der Waals surface area contributed by atoms with Gasteiger partial charge in [0.25, 0.3) is 10.0 Å². The summed E-state index contributed by atoms with van der Waals surface area (Å²) < 4.78 is 26.8. The third-order valence-corrected chi connectivity index (χ3v) is 6.34. The molecule has 2 aliphatic rings. The summed E-state index contributed by atoms with van der Waals surface area (Å²) in [6.07, 6.45) is 3.83. The minimum atomic E-state index is -3.75. The molecular weight excluding hydrogens is 286 g/mol. The van der Waals surface area contributed by atoms with Gasteiger partial charge in [-0.2, -0.15) is 0 Å². The zero-order valence-corrected chi connectivity index (χ0v) is 13.2. The van der Waals surface area contributed by atoms with Gasteiger partial charge in [-0.25, -0.2) is 13.1 Å². The quantitative estimate of drug-likeness (QED) is 0.930. The summed E-state index contributed by atoms with van der Waals surface area (Å²) in [4.78, 5) is 12.2. The Balaban J connectivity index is 1.68. The number of sulfonamides is 1. The van der Waals surface area contributed by atoms with Crippen LogP contribution in [0.25, 0.3) is 0 Å². The second kappa shape index (κ2) is 5.13. The predicted molar refractivity (Wildman–Crippen MR) is 80.2 cm³/mol. The lowest BCUT2D eigenvalue weighted by molar-refractivity contribution is -0.120. The fourth-order valence-corrected chi connectivity index (χ4v) is 4.88. The van der Waals surface area contributed by atoms with Crippen LogP contribution < -0.4 is 4.72 Å². The van der Waals surface area contributed by atoms with Crippen molar-refractivity contribution in [1.82, 2.24) is 4.72 Å².